The minimum atomic E-state index is -1.40. The summed E-state index contributed by atoms with van der Waals surface area (Å²) in [6.45, 7) is 0. The van der Waals surface area contributed by atoms with Crippen LogP contribution in [0.5, 0.6) is 0 Å². The molecule has 1 rings (SSSR count). The first-order valence-corrected chi connectivity index (χ1v) is 4.54. The van der Waals surface area contributed by atoms with Crippen molar-refractivity contribution < 1.29 is 32.6 Å². The van der Waals surface area contributed by atoms with Crippen LogP contribution < -0.4 is 0 Å². The standard InChI is InChI=1S/C11H7F3O4/c1-18-11(17)9(16)4-8(15)10-6(13)2-5(12)3-7(10)14/h2-4,15H,1H3/b8-4-. The van der Waals surface area contributed by atoms with Gasteiger partial charge in [-0.3, -0.25) is 4.79 Å². The second-order valence-corrected chi connectivity index (χ2v) is 3.13. The van der Waals surface area contributed by atoms with E-state index in [1.54, 1.807) is 0 Å². The number of esters is 1. The maximum atomic E-state index is 13.2. The van der Waals surface area contributed by atoms with Crippen molar-refractivity contribution in [2.75, 3.05) is 7.11 Å². The minimum absolute atomic E-state index is 0.283. The monoisotopic (exact) mass is 260 g/mol. The van der Waals surface area contributed by atoms with Crippen LogP contribution in [-0.4, -0.2) is 24.0 Å². The summed E-state index contributed by atoms with van der Waals surface area (Å²) in [6, 6.07) is 0.649. The van der Waals surface area contributed by atoms with Crippen molar-refractivity contribution in [1.82, 2.24) is 0 Å². The SMILES string of the molecule is COC(=O)C(=O)/C=C(\O)c1c(F)cc(F)cc1F. The number of benzene rings is 1. The molecule has 0 unspecified atom stereocenters. The average Bonchev–Trinajstić information content (AvgIpc) is 2.26. The number of aliphatic hydroxyl groups excluding tert-OH is 1. The minimum Gasteiger partial charge on any atom is -0.507 e. The van der Waals surface area contributed by atoms with E-state index in [0.29, 0.717) is 12.1 Å². The second kappa shape index (κ2) is 5.35. The summed E-state index contributed by atoms with van der Waals surface area (Å²) in [5, 5.41) is 9.32. The summed E-state index contributed by atoms with van der Waals surface area (Å²) in [5.41, 5.74) is -1.01. The largest absolute Gasteiger partial charge is 0.507 e. The van der Waals surface area contributed by atoms with Crippen molar-refractivity contribution in [2.24, 2.45) is 0 Å². The van der Waals surface area contributed by atoms with E-state index in [2.05, 4.69) is 4.74 Å². The Morgan fingerprint density at radius 2 is 1.72 bits per heavy atom. The maximum absolute atomic E-state index is 13.2. The molecule has 1 aromatic rings. The Labute approximate surface area is 99.3 Å². The number of aliphatic hydroxyl groups is 1. The highest BCUT2D eigenvalue weighted by atomic mass is 19.1. The Balaban J connectivity index is 3.19. The molecular weight excluding hydrogens is 253 g/mol. The molecule has 0 spiro atoms. The zero-order chi connectivity index (χ0) is 13.9. The molecule has 7 heteroatoms. The molecular formula is C11H7F3O4. The molecule has 0 aliphatic carbocycles. The molecule has 0 aliphatic heterocycles. The van der Waals surface area contributed by atoms with Crippen molar-refractivity contribution in [3.63, 3.8) is 0 Å². The molecule has 0 fully saturated rings. The van der Waals surface area contributed by atoms with Crippen molar-refractivity contribution in [3.8, 4) is 0 Å². The van der Waals surface area contributed by atoms with Crippen molar-refractivity contribution >= 4 is 17.5 Å². The lowest BCUT2D eigenvalue weighted by Gasteiger charge is -2.04. The van der Waals surface area contributed by atoms with Gasteiger partial charge in [0.2, 0.25) is 0 Å². The summed E-state index contributed by atoms with van der Waals surface area (Å²) >= 11 is 0. The molecule has 0 bridgehead atoms. The molecule has 0 aromatic heterocycles. The maximum Gasteiger partial charge on any atom is 0.378 e. The fourth-order valence-corrected chi connectivity index (χ4v) is 1.14. The third kappa shape index (κ3) is 2.88. The van der Waals surface area contributed by atoms with E-state index >= 15 is 0 Å². The number of rotatable bonds is 3. The summed E-state index contributed by atoms with van der Waals surface area (Å²) < 4.78 is 43.0. The first-order chi connectivity index (χ1) is 8.36. The van der Waals surface area contributed by atoms with Gasteiger partial charge in [-0.1, -0.05) is 0 Å². The van der Waals surface area contributed by atoms with E-state index < -0.39 is 40.5 Å². The van der Waals surface area contributed by atoms with Crippen LogP contribution >= 0.6 is 0 Å². The molecule has 0 heterocycles. The second-order valence-electron chi connectivity index (χ2n) is 3.13. The molecule has 0 radical (unpaired) electrons. The van der Waals surface area contributed by atoms with Gasteiger partial charge in [-0.15, -0.1) is 0 Å². The molecule has 0 atom stereocenters. The summed E-state index contributed by atoms with van der Waals surface area (Å²) in [7, 11) is 0.921. The van der Waals surface area contributed by atoms with Crippen LogP contribution in [0.1, 0.15) is 5.56 Å². The van der Waals surface area contributed by atoms with Gasteiger partial charge in [0.15, 0.2) is 0 Å². The lowest BCUT2D eigenvalue weighted by molar-refractivity contribution is -0.149. The van der Waals surface area contributed by atoms with E-state index in [4.69, 9.17) is 0 Å². The van der Waals surface area contributed by atoms with E-state index in [1.807, 2.05) is 0 Å². The molecule has 0 amide bonds. The first kappa shape index (κ1) is 13.8. The number of methoxy groups -OCH3 is 1. The number of ketones is 1. The highest BCUT2D eigenvalue weighted by Gasteiger charge is 2.18. The Hall–Kier alpha value is -2.31. The molecule has 0 saturated carbocycles. The number of carbonyl (C=O) groups excluding carboxylic acids is 2. The van der Waals surface area contributed by atoms with Gasteiger partial charge in [-0.25, -0.2) is 18.0 Å². The van der Waals surface area contributed by atoms with Gasteiger partial charge in [0, 0.05) is 18.2 Å². The zero-order valence-electron chi connectivity index (χ0n) is 9.04. The van der Waals surface area contributed by atoms with E-state index in [0.717, 1.165) is 7.11 Å². The molecule has 0 aliphatic rings. The van der Waals surface area contributed by atoms with Crippen LogP contribution in [0.3, 0.4) is 0 Å². The first-order valence-electron chi connectivity index (χ1n) is 4.54. The third-order valence-electron chi connectivity index (χ3n) is 1.92. The highest BCUT2D eigenvalue weighted by Crippen LogP contribution is 2.21. The van der Waals surface area contributed by atoms with Gasteiger partial charge in [0.1, 0.15) is 23.2 Å². The van der Waals surface area contributed by atoms with Crippen molar-refractivity contribution in [3.05, 3.63) is 41.2 Å². The van der Waals surface area contributed by atoms with Gasteiger partial charge >= 0.3 is 5.97 Å². The normalized spacial score (nSPS) is 11.2. The number of hydrogen-bond acceptors (Lipinski definition) is 4. The smallest absolute Gasteiger partial charge is 0.378 e. The van der Waals surface area contributed by atoms with E-state index in [1.165, 1.54) is 0 Å². The Bertz CT molecular complexity index is 514. The number of ether oxygens (including phenoxy) is 1. The van der Waals surface area contributed by atoms with Crippen LogP contribution in [0.25, 0.3) is 5.76 Å². The Morgan fingerprint density at radius 3 is 2.17 bits per heavy atom. The molecule has 1 N–H and O–H groups in total. The number of hydrogen-bond donors (Lipinski definition) is 1. The quantitative estimate of drug-likeness (QED) is 0.389. The predicted molar refractivity (Wildman–Crippen MR) is 53.9 cm³/mol. The lowest BCUT2D eigenvalue weighted by atomic mass is 10.1. The lowest BCUT2D eigenvalue weighted by Crippen LogP contribution is -2.13. The topological polar surface area (TPSA) is 63.6 Å². The van der Waals surface area contributed by atoms with Crippen LogP contribution in [-0.2, 0) is 14.3 Å². The summed E-state index contributed by atoms with van der Waals surface area (Å²) in [4.78, 5) is 21.7. The van der Waals surface area contributed by atoms with Gasteiger partial charge in [-0.2, -0.15) is 0 Å². The highest BCUT2D eigenvalue weighted by molar-refractivity contribution is 6.39. The Morgan fingerprint density at radius 1 is 1.22 bits per heavy atom. The zero-order valence-corrected chi connectivity index (χ0v) is 9.04. The fraction of sp³-hybridized carbons (Fsp3) is 0.0909. The molecule has 1 aromatic carbocycles. The summed E-state index contributed by atoms with van der Waals surface area (Å²) in [6.07, 6.45) is 0.283. The fourth-order valence-electron chi connectivity index (χ4n) is 1.14. The number of carbonyl (C=O) groups is 2. The number of halogens is 3. The van der Waals surface area contributed by atoms with Crippen molar-refractivity contribution in [2.45, 2.75) is 0 Å². The molecule has 0 saturated heterocycles. The Kier molecular flexibility index (Phi) is 4.09. The predicted octanol–water partition coefficient (Wildman–Crippen LogP) is 1.74. The average molecular weight is 260 g/mol. The van der Waals surface area contributed by atoms with Gasteiger partial charge in [0.05, 0.1) is 12.7 Å². The van der Waals surface area contributed by atoms with Crippen LogP contribution in [0.15, 0.2) is 18.2 Å². The summed E-state index contributed by atoms with van der Waals surface area (Å²) in [5.74, 6) is -7.75. The van der Waals surface area contributed by atoms with Gasteiger partial charge in [-0.05, 0) is 0 Å². The van der Waals surface area contributed by atoms with Crippen molar-refractivity contribution in [1.29, 1.82) is 0 Å². The van der Waals surface area contributed by atoms with Gasteiger partial charge < -0.3 is 9.84 Å². The molecule has 4 nitrogen and oxygen atoms in total. The van der Waals surface area contributed by atoms with Gasteiger partial charge in [0.25, 0.3) is 5.78 Å². The van der Waals surface area contributed by atoms with E-state index in [9.17, 15) is 27.9 Å². The molecule has 96 valence electrons. The molecule has 18 heavy (non-hydrogen) atoms. The van der Waals surface area contributed by atoms with Crippen LogP contribution in [0, 0.1) is 17.5 Å². The van der Waals surface area contributed by atoms with Crippen LogP contribution in [0.2, 0.25) is 0 Å². The third-order valence-corrected chi connectivity index (χ3v) is 1.92. The van der Waals surface area contributed by atoms with Crippen LogP contribution in [0.4, 0.5) is 13.2 Å². The van der Waals surface area contributed by atoms with E-state index in [-0.39, 0.29) is 6.08 Å².